The van der Waals surface area contributed by atoms with Crippen LogP contribution in [-0.2, 0) is 4.79 Å². The van der Waals surface area contributed by atoms with Gasteiger partial charge in [0.2, 0.25) is 0 Å². The lowest BCUT2D eigenvalue weighted by Crippen LogP contribution is -2.32. The van der Waals surface area contributed by atoms with Gasteiger partial charge in [0.15, 0.2) is 5.82 Å². The van der Waals surface area contributed by atoms with Gasteiger partial charge in [-0.2, -0.15) is 0 Å². The lowest BCUT2D eigenvalue weighted by atomic mass is 10.0. The summed E-state index contributed by atoms with van der Waals surface area (Å²) in [6.07, 6.45) is 1.70. The van der Waals surface area contributed by atoms with Crippen LogP contribution in [0.2, 0.25) is 0 Å². The normalized spacial score (nSPS) is 17.9. The van der Waals surface area contributed by atoms with E-state index in [0.29, 0.717) is 5.82 Å². The lowest BCUT2D eigenvalue weighted by molar-refractivity contribution is -0.117. The molecule has 3 rings (SSSR count). The van der Waals surface area contributed by atoms with Crippen molar-refractivity contribution in [3.63, 3.8) is 0 Å². The van der Waals surface area contributed by atoms with E-state index in [1.165, 1.54) is 0 Å². The van der Waals surface area contributed by atoms with Crippen molar-refractivity contribution in [1.29, 1.82) is 0 Å². The van der Waals surface area contributed by atoms with Crippen molar-refractivity contribution in [3.8, 4) is 0 Å². The van der Waals surface area contributed by atoms with Gasteiger partial charge >= 0.3 is 0 Å². The van der Waals surface area contributed by atoms with E-state index in [2.05, 4.69) is 15.6 Å². The van der Waals surface area contributed by atoms with E-state index in [0.717, 1.165) is 11.3 Å². The standard InChI is InChI=1S/C13H11N3O/c17-13-11(9-5-2-1-3-6-9)16-12-10(15-13)7-4-8-14-12/h1-8,11H,(H,14,16)(H,15,17). The number of pyridine rings is 1. The summed E-state index contributed by atoms with van der Waals surface area (Å²) in [5, 5.41) is 5.98. The summed E-state index contributed by atoms with van der Waals surface area (Å²) < 4.78 is 0. The molecule has 1 aliphatic heterocycles. The molecule has 2 heterocycles. The third kappa shape index (κ3) is 1.73. The number of amides is 1. The monoisotopic (exact) mass is 225 g/mol. The number of hydrogen-bond donors (Lipinski definition) is 2. The van der Waals surface area contributed by atoms with Crippen molar-refractivity contribution in [1.82, 2.24) is 4.98 Å². The van der Waals surface area contributed by atoms with Crippen LogP contribution in [0.1, 0.15) is 11.6 Å². The second-order valence-electron chi connectivity index (χ2n) is 3.88. The number of carbonyl (C=O) groups excluding carboxylic acids is 1. The van der Waals surface area contributed by atoms with E-state index >= 15 is 0 Å². The molecule has 1 aromatic heterocycles. The van der Waals surface area contributed by atoms with Gasteiger partial charge < -0.3 is 10.6 Å². The van der Waals surface area contributed by atoms with Crippen molar-refractivity contribution >= 4 is 17.4 Å². The average molecular weight is 225 g/mol. The van der Waals surface area contributed by atoms with E-state index in [1.807, 2.05) is 36.4 Å². The number of anilines is 2. The summed E-state index contributed by atoms with van der Waals surface area (Å²) in [4.78, 5) is 16.2. The largest absolute Gasteiger partial charge is 0.353 e. The Morgan fingerprint density at radius 1 is 1.06 bits per heavy atom. The van der Waals surface area contributed by atoms with Crippen molar-refractivity contribution in [3.05, 3.63) is 54.2 Å². The van der Waals surface area contributed by atoms with Crippen LogP contribution in [-0.4, -0.2) is 10.9 Å². The second kappa shape index (κ2) is 3.90. The highest BCUT2D eigenvalue weighted by Crippen LogP contribution is 2.29. The van der Waals surface area contributed by atoms with Crippen molar-refractivity contribution in [2.45, 2.75) is 6.04 Å². The van der Waals surface area contributed by atoms with Crippen LogP contribution in [0.3, 0.4) is 0 Å². The van der Waals surface area contributed by atoms with Crippen LogP contribution in [0.25, 0.3) is 0 Å². The van der Waals surface area contributed by atoms with Gasteiger partial charge in [-0.1, -0.05) is 30.3 Å². The summed E-state index contributed by atoms with van der Waals surface area (Å²) in [6.45, 7) is 0. The number of benzene rings is 1. The first-order chi connectivity index (χ1) is 8.34. The maximum Gasteiger partial charge on any atom is 0.251 e. The van der Waals surface area contributed by atoms with Crippen LogP contribution < -0.4 is 10.6 Å². The molecule has 0 spiro atoms. The van der Waals surface area contributed by atoms with Crippen LogP contribution in [0, 0.1) is 0 Å². The van der Waals surface area contributed by atoms with Gasteiger partial charge in [-0.15, -0.1) is 0 Å². The lowest BCUT2D eigenvalue weighted by Gasteiger charge is -2.25. The molecule has 0 radical (unpaired) electrons. The van der Waals surface area contributed by atoms with Crippen LogP contribution in [0.5, 0.6) is 0 Å². The minimum atomic E-state index is -0.376. The number of aromatic nitrogens is 1. The van der Waals surface area contributed by atoms with Gasteiger partial charge in [0.25, 0.3) is 5.91 Å². The fraction of sp³-hybridized carbons (Fsp3) is 0.0769. The molecule has 2 N–H and O–H groups in total. The van der Waals surface area contributed by atoms with Crippen LogP contribution in [0.4, 0.5) is 11.5 Å². The second-order valence-corrected chi connectivity index (χ2v) is 3.88. The molecule has 0 fully saturated rings. The van der Waals surface area contributed by atoms with Gasteiger partial charge in [-0.05, 0) is 17.7 Å². The van der Waals surface area contributed by atoms with E-state index in [4.69, 9.17) is 0 Å². The molecule has 4 nitrogen and oxygen atoms in total. The highest BCUT2D eigenvalue weighted by atomic mass is 16.2. The molecule has 0 saturated heterocycles. The fourth-order valence-corrected chi connectivity index (χ4v) is 1.91. The van der Waals surface area contributed by atoms with E-state index in [-0.39, 0.29) is 11.9 Å². The number of rotatable bonds is 1. The predicted octanol–water partition coefficient (Wildman–Crippen LogP) is 2.19. The molecule has 1 atom stereocenters. The first-order valence-electron chi connectivity index (χ1n) is 5.42. The number of fused-ring (bicyclic) bond motifs is 1. The minimum absolute atomic E-state index is 0.0586. The van der Waals surface area contributed by atoms with Gasteiger partial charge in [-0.25, -0.2) is 4.98 Å². The molecular formula is C13H11N3O. The average Bonchev–Trinajstić information content (AvgIpc) is 2.39. The Hall–Kier alpha value is -2.36. The van der Waals surface area contributed by atoms with E-state index < -0.39 is 0 Å². The van der Waals surface area contributed by atoms with E-state index in [9.17, 15) is 4.79 Å². The van der Waals surface area contributed by atoms with E-state index in [1.54, 1.807) is 12.3 Å². The molecule has 84 valence electrons. The Balaban J connectivity index is 1.98. The third-order valence-electron chi connectivity index (χ3n) is 2.74. The SMILES string of the molecule is O=C1Nc2cccnc2NC1c1ccccc1. The molecular weight excluding hydrogens is 214 g/mol. The quantitative estimate of drug-likeness (QED) is 0.782. The highest BCUT2D eigenvalue weighted by molar-refractivity contribution is 6.02. The topological polar surface area (TPSA) is 54.0 Å². The summed E-state index contributed by atoms with van der Waals surface area (Å²) in [5.74, 6) is 0.651. The Morgan fingerprint density at radius 2 is 1.88 bits per heavy atom. The Bertz CT molecular complexity index is 554. The summed E-state index contributed by atoms with van der Waals surface area (Å²) in [7, 11) is 0. The zero-order chi connectivity index (χ0) is 11.7. The number of nitrogens with zero attached hydrogens (tertiary/aromatic N) is 1. The molecule has 0 saturated carbocycles. The number of carbonyl (C=O) groups is 1. The predicted molar refractivity (Wildman–Crippen MR) is 65.7 cm³/mol. The number of nitrogens with one attached hydrogen (secondary N) is 2. The summed E-state index contributed by atoms with van der Waals surface area (Å²) in [6, 6.07) is 12.8. The molecule has 1 amide bonds. The maximum absolute atomic E-state index is 12.0. The van der Waals surface area contributed by atoms with Gasteiger partial charge in [0.1, 0.15) is 6.04 Å². The van der Waals surface area contributed by atoms with Crippen LogP contribution in [0.15, 0.2) is 48.7 Å². The molecule has 17 heavy (non-hydrogen) atoms. The molecule has 0 aliphatic carbocycles. The molecule has 2 aromatic rings. The molecule has 4 heteroatoms. The Morgan fingerprint density at radius 3 is 2.71 bits per heavy atom. The maximum atomic E-state index is 12.0. The zero-order valence-electron chi connectivity index (χ0n) is 9.05. The smallest absolute Gasteiger partial charge is 0.251 e. The van der Waals surface area contributed by atoms with Crippen molar-refractivity contribution < 1.29 is 4.79 Å². The first-order valence-corrected chi connectivity index (χ1v) is 5.42. The molecule has 0 bridgehead atoms. The fourth-order valence-electron chi connectivity index (χ4n) is 1.91. The summed E-state index contributed by atoms with van der Waals surface area (Å²) >= 11 is 0. The Labute approximate surface area is 98.7 Å². The molecule has 1 aromatic carbocycles. The highest BCUT2D eigenvalue weighted by Gasteiger charge is 2.26. The molecule has 1 unspecified atom stereocenters. The van der Waals surface area contributed by atoms with Crippen molar-refractivity contribution in [2.75, 3.05) is 10.6 Å². The molecule has 1 aliphatic rings. The van der Waals surface area contributed by atoms with Gasteiger partial charge in [0.05, 0.1) is 5.69 Å². The third-order valence-corrected chi connectivity index (χ3v) is 2.74. The first kappa shape index (κ1) is 9.84. The zero-order valence-corrected chi connectivity index (χ0v) is 9.05. The summed E-state index contributed by atoms with van der Waals surface area (Å²) in [5.41, 5.74) is 1.66. The minimum Gasteiger partial charge on any atom is -0.353 e. The van der Waals surface area contributed by atoms with Gasteiger partial charge in [-0.3, -0.25) is 4.79 Å². The van der Waals surface area contributed by atoms with Crippen molar-refractivity contribution in [2.24, 2.45) is 0 Å². The Kier molecular flexibility index (Phi) is 2.26. The van der Waals surface area contributed by atoms with Crippen LogP contribution >= 0.6 is 0 Å². The van der Waals surface area contributed by atoms with Gasteiger partial charge in [0, 0.05) is 6.20 Å². The number of hydrogen-bond acceptors (Lipinski definition) is 3.